The summed E-state index contributed by atoms with van der Waals surface area (Å²) < 4.78 is 0. The topological polar surface area (TPSA) is 50.7 Å². The first-order valence-electron chi connectivity index (χ1n) is 6.84. The third-order valence-corrected chi connectivity index (χ3v) is 3.48. The predicted octanol–water partition coefficient (Wildman–Crippen LogP) is 3.21. The first-order chi connectivity index (χ1) is 10.2. The number of anilines is 1. The number of benzene rings is 2. The van der Waals surface area contributed by atoms with Crippen LogP contribution in [0.1, 0.15) is 18.9 Å². The van der Waals surface area contributed by atoms with Crippen LogP contribution in [0.5, 0.6) is 0 Å². The van der Waals surface area contributed by atoms with E-state index in [-0.39, 0.29) is 5.91 Å². The van der Waals surface area contributed by atoms with Crippen molar-refractivity contribution in [1.82, 2.24) is 0 Å². The van der Waals surface area contributed by atoms with Crippen LogP contribution in [0.15, 0.2) is 65.8 Å². The lowest BCUT2D eigenvalue weighted by molar-refractivity contribution is -0.135. The summed E-state index contributed by atoms with van der Waals surface area (Å²) in [6.45, 7) is 1.75. The molecule has 0 aliphatic carbocycles. The van der Waals surface area contributed by atoms with Crippen LogP contribution in [0, 0.1) is 0 Å². The van der Waals surface area contributed by atoms with Crippen molar-refractivity contribution in [2.24, 2.45) is 5.16 Å². The number of amides is 1. The molecule has 4 heteroatoms. The molecule has 0 radical (unpaired) electrons. The second-order valence-corrected chi connectivity index (χ2v) is 5.22. The fraction of sp³-hybridized carbons (Fsp3) is 0.176. The van der Waals surface area contributed by atoms with Gasteiger partial charge in [0.05, 0.1) is 5.71 Å². The monoisotopic (exact) mass is 280 g/mol. The third-order valence-electron chi connectivity index (χ3n) is 3.48. The van der Waals surface area contributed by atoms with E-state index in [1.165, 1.54) is 0 Å². The van der Waals surface area contributed by atoms with E-state index in [2.05, 4.69) is 10.5 Å². The van der Waals surface area contributed by atoms with Crippen molar-refractivity contribution in [3.05, 3.63) is 66.2 Å². The van der Waals surface area contributed by atoms with E-state index in [9.17, 15) is 4.79 Å². The molecular weight excluding hydrogens is 264 g/mol. The molecule has 0 unspecified atom stereocenters. The van der Waals surface area contributed by atoms with Gasteiger partial charge in [-0.2, -0.15) is 0 Å². The summed E-state index contributed by atoms with van der Waals surface area (Å²) in [5.74, 6) is -0.191. The first kappa shape index (κ1) is 13.4. The van der Waals surface area contributed by atoms with Crippen LogP contribution in [-0.4, -0.2) is 17.2 Å². The van der Waals surface area contributed by atoms with Crippen LogP contribution in [-0.2, 0) is 9.63 Å². The molecular formula is C17H16N2O2. The van der Waals surface area contributed by atoms with Crippen molar-refractivity contribution in [2.45, 2.75) is 18.9 Å². The van der Waals surface area contributed by atoms with Gasteiger partial charge < -0.3 is 10.2 Å². The number of para-hydroxylation sites is 1. The largest absolute Gasteiger partial charge is 0.379 e. The number of rotatable bonds is 3. The molecule has 1 atom stereocenters. The maximum atomic E-state index is 12.4. The lowest BCUT2D eigenvalue weighted by Crippen LogP contribution is -2.40. The van der Waals surface area contributed by atoms with Crippen LogP contribution in [0.2, 0.25) is 0 Å². The molecule has 0 saturated heterocycles. The molecule has 21 heavy (non-hydrogen) atoms. The van der Waals surface area contributed by atoms with Crippen LogP contribution in [0.3, 0.4) is 0 Å². The standard InChI is InChI=1S/C17H16N2O2/c1-17(16(20)18-14-10-6-3-7-11-14)12-15(19-21-17)13-8-4-2-5-9-13/h2-11H,12H2,1H3,(H,18,20)/t17-/m1/s1. The van der Waals surface area contributed by atoms with Crippen molar-refractivity contribution < 1.29 is 9.63 Å². The normalized spacial score (nSPS) is 20.5. The summed E-state index contributed by atoms with van der Waals surface area (Å²) in [6, 6.07) is 19.1. The van der Waals surface area contributed by atoms with Gasteiger partial charge in [0.15, 0.2) is 0 Å². The van der Waals surface area contributed by atoms with Crippen LogP contribution >= 0.6 is 0 Å². The maximum absolute atomic E-state index is 12.4. The maximum Gasteiger partial charge on any atom is 0.271 e. The first-order valence-corrected chi connectivity index (χ1v) is 6.84. The van der Waals surface area contributed by atoms with Crippen molar-refractivity contribution in [3.63, 3.8) is 0 Å². The summed E-state index contributed by atoms with van der Waals surface area (Å²) in [6.07, 6.45) is 0.454. The fourth-order valence-electron chi connectivity index (χ4n) is 2.23. The van der Waals surface area contributed by atoms with Crippen molar-refractivity contribution in [3.8, 4) is 0 Å². The predicted molar refractivity (Wildman–Crippen MR) is 82.2 cm³/mol. The second kappa shape index (κ2) is 5.40. The number of nitrogens with zero attached hydrogens (tertiary/aromatic N) is 1. The molecule has 0 spiro atoms. The molecule has 1 N–H and O–H groups in total. The molecule has 3 rings (SSSR count). The average Bonchev–Trinajstić information content (AvgIpc) is 2.93. The van der Waals surface area contributed by atoms with E-state index in [0.29, 0.717) is 6.42 Å². The Kier molecular flexibility index (Phi) is 3.44. The average molecular weight is 280 g/mol. The number of nitrogens with one attached hydrogen (secondary N) is 1. The molecule has 106 valence electrons. The minimum atomic E-state index is -0.971. The van der Waals surface area contributed by atoms with Crippen LogP contribution in [0.4, 0.5) is 5.69 Å². The van der Waals surface area contributed by atoms with E-state index >= 15 is 0 Å². The third kappa shape index (κ3) is 2.79. The summed E-state index contributed by atoms with van der Waals surface area (Å²) >= 11 is 0. The SMILES string of the molecule is C[C@]1(C(=O)Nc2ccccc2)CC(c2ccccc2)=NO1. The quantitative estimate of drug-likeness (QED) is 0.938. The number of carbonyl (C=O) groups excluding carboxylic acids is 1. The van der Waals surface area contributed by atoms with Gasteiger partial charge in [-0.3, -0.25) is 4.79 Å². The molecule has 1 aliphatic heterocycles. The highest BCUT2D eigenvalue weighted by molar-refractivity contribution is 6.07. The summed E-state index contributed by atoms with van der Waals surface area (Å²) in [5, 5.41) is 6.94. The van der Waals surface area contributed by atoms with Gasteiger partial charge in [0, 0.05) is 12.1 Å². The molecule has 4 nitrogen and oxygen atoms in total. The van der Waals surface area contributed by atoms with Crippen molar-refractivity contribution in [2.75, 3.05) is 5.32 Å². The van der Waals surface area contributed by atoms with Crippen LogP contribution in [0.25, 0.3) is 0 Å². The van der Waals surface area contributed by atoms with Gasteiger partial charge in [-0.05, 0) is 24.6 Å². The number of oxime groups is 1. The Bertz CT molecular complexity index is 668. The van der Waals surface area contributed by atoms with Gasteiger partial charge in [-0.15, -0.1) is 0 Å². The summed E-state index contributed by atoms with van der Waals surface area (Å²) in [7, 11) is 0. The van der Waals surface area contributed by atoms with E-state index in [4.69, 9.17) is 4.84 Å². The second-order valence-electron chi connectivity index (χ2n) is 5.22. The van der Waals surface area contributed by atoms with Crippen molar-refractivity contribution in [1.29, 1.82) is 0 Å². The summed E-state index contributed by atoms with van der Waals surface area (Å²) in [4.78, 5) is 17.8. The Morgan fingerprint density at radius 1 is 1.10 bits per heavy atom. The fourth-order valence-corrected chi connectivity index (χ4v) is 2.23. The lowest BCUT2D eigenvalue weighted by Gasteiger charge is -2.20. The Labute approximate surface area is 123 Å². The molecule has 1 aliphatic rings. The molecule has 0 bridgehead atoms. The van der Waals surface area contributed by atoms with Gasteiger partial charge in [0.25, 0.3) is 5.91 Å². The number of hydrogen-bond acceptors (Lipinski definition) is 3. The van der Waals surface area contributed by atoms with Gasteiger partial charge in [0.2, 0.25) is 5.60 Å². The number of hydrogen-bond donors (Lipinski definition) is 1. The van der Waals surface area contributed by atoms with E-state index in [1.807, 2.05) is 60.7 Å². The minimum absolute atomic E-state index is 0.191. The van der Waals surface area contributed by atoms with Gasteiger partial charge in [-0.1, -0.05) is 53.7 Å². The molecule has 2 aromatic carbocycles. The molecule has 1 heterocycles. The van der Waals surface area contributed by atoms with Gasteiger partial charge in [-0.25, -0.2) is 0 Å². The van der Waals surface area contributed by atoms with E-state index in [1.54, 1.807) is 6.92 Å². The zero-order chi connectivity index (χ0) is 14.7. The Balaban J connectivity index is 1.71. The Hall–Kier alpha value is -2.62. The molecule has 1 amide bonds. The zero-order valence-electron chi connectivity index (χ0n) is 11.7. The van der Waals surface area contributed by atoms with Crippen LogP contribution < -0.4 is 5.32 Å². The molecule has 0 fully saturated rings. The Morgan fingerprint density at radius 2 is 1.71 bits per heavy atom. The van der Waals surface area contributed by atoms with Crippen molar-refractivity contribution >= 4 is 17.3 Å². The minimum Gasteiger partial charge on any atom is -0.379 e. The van der Waals surface area contributed by atoms with Gasteiger partial charge >= 0.3 is 0 Å². The molecule has 0 saturated carbocycles. The summed E-state index contributed by atoms with van der Waals surface area (Å²) in [5.41, 5.74) is 1.55. The molecule has 2 aromatic rings. The van der Waals surface area contributed by atoms with E-state index < -0.39 is 5.60 Å². The highest BCUT2D eigenvalue weighted by Gasteiger charge is 2.42. The lowest BCUT2D eigenvalue weighted by atomic mass is 9.95. The zero-order valence-corrected chi connectivity index (χ0v) is 11.7. The highest BCUT2D eigenvalue weighted by Crippen LogP contribution is 2.28. The number of carbonyl (C=O) groups is 1. The smallest absolute Gasteiger partial charge is 0.271 e. The Morgan fingerprint density at radius 3 is 2.38 bits per heavy atom. The highest BCUT2D eigenvalue weighted by atomic mass is 16.7. The molecule has 0 aromatic heterocycles. The van der Waals surface area contributed by atoms with Gasteiger partial charge in [0.1, 0.15) is 0 Å². The van der Waals surface area contributed by atoms with E-state index in [0.717, 1.165) is 17.0 Å².